The molecule has 0 saturated heterocycles. The van der Waals surface area contributed by atoms with E-state index in [0.717, 1.165) is 11.3 Å². The Bertz CT molecular complexity index is 644. The minimum Gasteiger partial charge on any atom is -0.496 e. The van der Waals surface area contributed by atoms with Gasteiger partial charge in [-0.2, -0.15) is 0 Å². The summed E-state index contributed by atoms with van der Waals surface area (Å²) in [6.07, 6.45) is 4.33. The van der Waals surface area contributed by atoms with E-state index < -0.39 is 8.80 Å². The van der Waals surface area contributed by atoms with Crippen LogP contribution in [0.2, 0.25) is 13.1 Å². The van der Waals surface area contributed by atoms with Crippen molar-refractivity contribution in [1.82, 2.24) is 0 Å². The van der Waals surface area contributed by atoms with Gasteiger partial charge in [-0.15, -0.1) is 6.58 Å². The lowest BCUT2D eigenvalue weighted by atomic mass is 9.97. The second-order valence-electron chi connectivity index (χ2n) is 5.47. The van der Waals surface area contributed by atoms with Gasteiger partial charge >= 0.3 is 0 Å². The Hall–Kier alpha value is -2.06. The molecule has 0 saturated carbocycles. The lowest BCUT2D eigenvalue weighted by Crippen LogP contribution is -2.13. The summed E-state index contributed by atoms with van der Waals surface area (Å²) in [4.78, 5) is 0. The summed E-state index contributed by atoms with van der Waals surface area (Å²) in [6, 6.07) is 18.7. The van der Waals surface area contributed by atoms with E-state index in [1.165, 1.54) is 10.8 Å². The second kappa shape index (κ2) is 7.81. The first-order valence-corrected chi connectivity index (χ1v) is 10.00. The average molecular weight is 307 g/mol. The van der Waals surface area contributed by atoms with E-state index >= 15 is 0 Å². The van der Waals surface area contributed by atoms with Gasteiger partial charge in [0, 0.05) is 11.5 Å². The van der Waals surface area contributed by atoms with E-state index in [-0.39, 0.29) is 5.92 Å². The molecule has 1 radical (unpaired) electrons. The molecule has 2 aromatic carbocycles. The molecule has 0 unspecified atom stereocenters. The van der Waals surface area contributed by atoms with Gasteiger partial charge in [0.25, 0.3) is 0 Å². The molecule has 0 aliphatic rings. The number of para-hydroxylation sites is 1. The standard InChI is InChI=1S/C20H23OSi/c1-5-18(16-11-7-6-8-12-16)20(22(3)4)15-17-13-9-10-14-19(17)21-2/h5-15,18H,1H2,2-4H3/b20-15-/t18-/m1/s1. The zero-order valence-electron chi connectivity index (χ0n) is 13.5. The smallest absolute Gasteiger partial charge is 0.126 e. The van der Waals surface area contributed by atoms with Crippen molar-refractivity contribution in [2.75, 3.05) is 7.11 Å². The molecule has 2 aromatic rings. The third-order valence-corrected chi connectivity index (χ3v) is 5.37. The molecule has 2 heteroatoms. The van der Waals surface area contributed by atoms with Gasteiger partial charge in [0.05, 0.1) is 15.9 Å². The lowest BCUT2D eigenvalue weighted by Gasteiger charge is -2.21. The highest BCUT2D eigenvalue weighted by atomic mass is 28.3. The van der Waals surface area contributed by atoms with Crippen LogP contribution in [0.3, 0.4) is 0 Å². The van der Waals surface area contributed by atoms with E-state index in [1.807, 2.05) is 18.2 Å². The Balaban J connectivity index is 2.49. The summed E-state index contributed by atoms with van der Waals surface area (Å²) < 4.78 is 5.49. The van der Waals surface area contributed by atoms with Crippen LogP contribution < -0.4 is 4.74 Å². The molecule has 0 fully saturated rings. The Morgan fingerprint density at radius 1 is 1.05 bits per heavy atom. The number of methoxy groups -OCH3 is 1. The number of benzene rings is 2. The number of rotatable bonds is 6. The average Bonchev–Trinajstić information content (AvgIpc) is 2.56. The van der Waals surface area contributed by atoms with Gasteiger partial charge in [-0.05, 0) is 11.6 Å². The van der Waals surface area contributed by atoms with E-state index in [1.54, 1.807) is 7.11 Å². The summed E-state index contributed by atoms with van der Waals surface area (Å²) in [6.45, 7) is 8.72. The highest BCUT2D eigenvalue weighted by Gasteiger charge is 2.17. The molecule has 0 spiro atoms. The monoisotopic (exact) mass is 307 g/mol. The molecule has 1 atom stereocenters. The maximum Gasteiger partial charge on any atom is 0.126 e. The van der Waals surface area contributed by atoms with Crippen LogP contribution in [0.5, 0.6) is 5.75 Å². The molecule has 113 valence electrons. The molecular weight excluding hydrogens is 284 g/mol. The van der Waals surface area contributed by atoms with Gasteiger partial charge in [-0.3, -0.25) is 0 Å². The fourth-order valence-corrected chi connectivity index (χ4v) is 3.95. The minimum atomic E-state index is -0.619. The fourth-order valence-electron chi connectivity index (χ4n) is 2.60. The zero-order chi connectivity index (χ0) is 15.9. The third kappa shape index (κ3) is 3.77. The minimum absolute atomic E-state index is 0.259. The molecule has 0 aliphatic carbocycles. The van der Waals surface area contributed by atoms with Crippen LogP contribution in [0.25, 0.3) is 6.08 Å². The van der Waals surface area contributed by atoms with E-state index in [0.29, 0.717) is 0 Å². The van der Waals surface area contributed by atoms with Crippen LogP contribution in [0, 0.1) is 0 Å². The topological polar surface area (TPSA) is 9.23 Å². The van der Waals surface area contributed by atoms with Crippen LogP contribution >= 0.6 is 0 Å². The summed E-state index contributed by atoms with van der Waals surface area (Å²) >= 11 is 0. The van der Waals surface area contributed by atoms with Crippen LogP contribution in [-0.2, 0) is 0 Å². The van der Waals surface area contributed by atoms with Crippen LogP contribution in [-0.4, -0.2) is 15.9 Å². The molecule has 0 heterocycles. The quantitative estimate of drug-likeness (QED) is 0.517. The molecule has 2 rings (SSSR count). The summed E-state index contributed by atoms with van der Waals surface area (Å²) in [5, 5.41) is 1.44. The largest absolute Gasteiger partial charge is 0.496 e. The van der Waals surface area contributed by atoms with Crippen molar-refractivity contribution in [2.45, 2.75) is 19.0 Å². The van der Waals surface area contributed by atoms with Crippen LogP contribution in [0.15, 0.2) is 72.4 Å². The predicted molar refractivity (Wildman–Crippen MR) is 97.8 cm³/mol. The Labute approximate surface area is 135 Å². The molecule has 0 amide bonds. The molecule has 0 N–H and O–H groups in total. The molecule has 0 aliphatic heterocycles. The van der Waals surface area contributed by atoms with Crippen molar-refractivity contribution in [3.05, 3.63) is 83.6 Å². The van der Waals surface area contributed by atoms with Crippen LogP contribution in [0.1, 0.15) is 17.0 Å². The molecule has 1 nitrogen and oxygen atoms in total. The fraction of sp³-hybridized carbons (Fsp3) is 0.200. The number of hydrogen-bond donors (Lipinski definition) is 0. The summed E-state index contributed by atoms with van der Waals surface area (Å²) in [5.41, 5.74) is 2.43. The SMILES string of the molecule is C=C[C@@H](/C(=C/c1ccccc1OC)[Si](C)C)c1ccccc1. The second-order valence-corrected chi connectivity index (χ2v) is 8.04. The van der Waals surface area contributed by atoms with E-state index in [9.17, 15) is 0 Å². The molecule has 0 aromatic heterocycles. The Morgan fingerprint density at radius 3 is 2.27 bits per heavy atom. The normalized spacial score (nSPS) is 13.0. The van der Waals surface area contributed by atoms with E-state index in [4.69, 9.17) is 4.74 Å². The van der Waals surface area contributed by atoms with Crippen LogP contribution in [0.4, 0.5) is 0 Å². The molecular formula is C20H23OSi. The number of ether oxygens (including phenoxy) is 1. The third-order valence-electron chi connectivity index (χ3n) is 3.76. The van der Waals surface area contributed by atoms with Crippen molar-refractivity contribution in [1.29, 1.82) is 0 Å². The van der Waals surface area contributed by atoms with E-state index in [2.05, 4.69) is 68.2 Å². The zero-order valence-corrected chi connectivity index (χ0v) is 14.5. The molecule has 0 bridgehead atoms. The Kier molecular flexibility index (Phi) is 5.79. The van der Waals surface area contributed by atoms with Gasteiger partial charge in [0.2, 0.25) is 0 Å². The van der Waals surface area contributed by atoms with Crippen molar-refractivity contribution >= 4 is 14.9 Å². The van der Waals surface area contributed by atoms with Crippen molar-refractivity contribution < 1.29 is 4.74 Å². The van der Waals surface area contributed by atoms with Crippen molar-refractivity contribution in [2.24, 2.45) is 0 Å². The first kappa shape index (κ1) is 16.3. The first-order chi connectivity index (χ1) is 10.7. The highest BCUT2D eigenvalue weighted by Crippen LogP contribution is 2.31. The van der Waals surface area contributed by atoms with Gasteiger partial charge < -0.3 is 4.74 Å². The predicted octanol–water partition coefficient (Wildman–Crippen LogP) is 5.34. The Morgan fingerprint density at radius 2 is 1.68 bits per heavy atom. The van der Waals surface area contributed by atoms with Gasteiger partial charge in [-0.1, -0.05) is 79.0 Å². The van der Waals surface area contributed by atoms with Crippen molar-refractivity contribution in [3.63, 3.8) is 0 Å². The number of allylic oxidation sites excluding steroid dienone is 2. The van der Waals surface area contributed by atoms with Gasteiger partial charge in [-0.25, -0.2) is 0 Å². The summed E-state index contributed by atoms with van der Waals surface area (Å²) in [7, 11) is 1.10. The van der Waals surface area contributed by atoms with Gasteiger partial charge in [0.15, 0.2) is 0 Å². The maximum atomic E-state index is 5.49. The lowest BCUT2D eigenvalue weighted by molar-refractivity contribution is 0.414. The summed E-state index contributed by atoms with van der Waals surface area (Å²) in [5.74, 6) is 1.18. The van der Waals surface area contributed by atoms with Gasteiger partial charge in [0.1, 0.15) is 5.75 Å². The molecule has 22 heavy (non-hydrogen) atoms. The van der Waals surface area contributed by atoms with Crippen molar-refractivity contribution in [3.8, 4) is 5.75 Å². The highest BCUT2D eigenvalue weighted by molar-refractivity contribution is 6.65. The number of hydrogen-bond acceptors (Lipinski definition) is 1. The first-order valence-electron chi connectivity index (χ1n) is 7.50. The maximum absolute atomic E-state index is 5.49.